The van der Waals surface area contributed by atoms with Gasteiger partial charge in [0.15, 0.2) is 11.6 Å². The second kappa shape index (κ2) is 11.9. The van der Waals surface area contributed by atoms with Crippen LogP contribution in [0.3, 0.4) is 0 Å². The number of likely N-dealkylation sites (tertiary alicyclic amines) is 1. The number of hydrogen-bond acceptors (Lipinski definition) is 6. The molecule has 4 N–H and O–H groups in total. The van der Waals surface area contributed by atoms with Crippen LogP contribution in [0.1, 0.15) is 34.5 Å². The molecule has 9 heteroatoms. The monoisotopic (exact) mass is 557 g/mol. The van der Waals surface area contributed by atoms with Gasteiger partial charge in [-0.2, -0.15) is 0 Å². The normalized spacial score (nSPS) is 15.3. The number of aryl methyl sites for hydroxylation is 1. The summed E-state index contributed by atoms with van der Waals surface area (Å²) >= 11 is 0. The van der Waals surface area contributed by atoms with Gasteiger partial charge in [-0.15, -0.1) is 0 Å². The number of nitrogens with one attached hydrogen (secondary N) is 2. The van der Waals surface area contributed by atoms with Crippen LogP contribution in [-0.2, 0) is 0 Å². The van der Waals surface area contributed by atoms with Gasteiger partial charge >= 0.3 is 0 Å². The van der Waals surface area contributed by atoms with E-state index in [0.717, 1.165) is 31.5 Å². The number of anilines is 1. The summed E-state index contributed by atoms with van der Waals surface area (Å²) in [7, 11) is 3.64. The van der Waals surface area contributed by atoms with Crippen LogP contribution >= 0.6 is 0 Å². The molecule has 1 fully saturated rings. The molecule has 212 valence electrons. The standard InChI is InChI=1S/C32H33F2N5O2/c1-19-14-22(41-30-7-5-4-6-25(30)33)8-9-23(19)31(35)24(18-36-2)32(40)29-16-20-15-26(34)28(17-27(20)38-29)37-21-10-12-39(3)13-11-21/h4-9,14-18,21,37-38H,10-13,35H2,1-3H3/b31-24-,36-18-. The molecule has 0 amide bonds. The van der Waals surface area contributed by atoms with Crippen molar-refractivity contribution in [1.29, 1.82) is 0 Å². The van der Waals surface area contributed by atoms with Crippen molar-refractivity contribution in [1.82, 2.24) is 9.88 Å². The Balaban J connectivity index is 1.42. The number of allylic oxidation sites excluding steroid dienone is 1. The van der Waals surface area contributed by atoms with Crippen molar-refractivity contribution >= 4 is 34.3 Å². The zero-order chi connectivity index (χ0) is 29.1. The Bertz CT molecular complexity index is 1650. The third-order valence-corrected chi connectivity index (χ3v) is 7.38. The van der Waals surface area contributed by atoms with Crippen LogP contribution in [0.15, 0.2) is 71.2 Å². The highest BCUT2D eigenvalue weighted by Gasteiger charge is 2.21. The number of aliphatic imine (C=N–C) groups is 1. The number of nitrogens with two attached hydrogens (primary N) is 1. The minimum atomic E-state index is -0.469. The minimum Gasteiger partial charge on any atom is -0.454 e. The average molecular weight is 558 g/mol. The fraction of sp³-hybridized carbons (Fsp3) is 0.250. The molecule has 1 aliphatic rings. The van der Waals surface area contributed by atoms with Gasteiger partial charge in [0.25, 0.3) is 0 Å². The number of hydrogen-bond donors (Lipinski definition) is 3. The number of fused-ring (bicyclic) bond motifs is 1. The van der Waals surface area contributed by atoms with Crippen molar-refractivity contribution in [2.45, 2.75) is 25.8 Å². The van der Waals surface area contributed by atoms with E-state index in [1.165, 1.54) is 18.3 Å². The summed E-state index contributed by atoms with van der Waals surface area (Å²) in [6.07, 6.45) is 3.28. The number of para-hydroxylation sites is 1. The molecular weight excluding hydrogens is 524 g/mol. The molecule has 0 spiro atoms. The summed E-state index contributed by atoms with van der Waals surface area (Å²) < 4.78 is 34.7. The van der Waals surface area contributed by atoms with E-state index in [9.17, 15) is 13.6 Å². The van der Waals surface area contributed by atoms with Crippen molar-refractivity contribution < 1.29 is 18.3 Å². The number of piperidine rings is 1. The largest absolute Gasteiger partial charge is 0.454 e. The Hall–Kier alpha value is -4.50. The summed E-state index contributed by atoms with van der Waals surface area (Å²) in [5, 5.41) is 3.90. The molecule has 0 bridgehead atoms. The molecule has 1 aliphatic heterocycles. The van der Waals surface area contributed by atoms with E-state index < -0.39 is 5.82 Å². The van der Waals surface area contributed by atoms with Crippen molar-refractivity contribution in [2.75, 3.05) is 32.5 Å². The Kier molecular flexibility index (Phi) is 8.16. The van der Waals surface area contributed by atoms with Crippen LogP contribution in [0, 0.1) is 18.6 Å². The number of nitrogens with zero attached hydrogens (tertiary/aromatic N) is 2. The quantitative estimate of drug-likeness (QED) is 0.134. The summed E-state index contributed by atoms with van der Waals surface area (Å²) in [6.45, 7) is 3.74. The molecule has 1 aromatic heterocycles. The fourth-order valence-electron chi connectivity index (χ4n) is 5.08. The predicted octanol–water partition coefficient (Wildman–Crippen LogP) is 6.31. The van der Waals surface area contributed by atoms with Gasteiger partial charge < -0.3 is 25.7 Å². The van der Waals surface area contributed by atoms with E-state index in [1.54, 1.807) is 55.6 Å². The second-order valence-corrected chi connectivity index (χ2v) is 10.4. The van der Waals surface area contributed by atoms with Crippen LogP contribution < -0.4 is 15.8 Å². The van der Waals surface area contributed by atoms with Gasteiger partial charge in [-0.05, 0) is 94.0 Å². The van der Waals surface area contributed by atoms with Crippen LogP contribution in [0.4, 0.5) is 14.5 Å². The number of ketones is 1. The lowest BCUT2D eigenvalue weighted by molar-refractivity contribution is 0.103. The maximum Gasteiger partial charge on any atom is 0.212 e. The molecule has 2 heterocycles. The molecule has 0 unspecified atom stereocenters. The molecule has 41 heavy (non-hydrogen) atoms. The number of benzene rings is 3. The highest BCUT2D eigenvalue weighted by atomic mass is 19.1. The molecule has 0 atom stereocenters. The first-order valence-corrected chi connectivity index (χ1v) is 13.5. The first kappa shape index (κ1) is 28.0. The number of Topliss-reactive ketones (excluding diaryl/α,β-unsaturated/α-hetero) is 1. The molecule has 4 aromatic rings. The van der Waals surface area contributed by atoms with E-state index >= 15 is 0 Å². The van der Waals surface area contributed by atoms with Gasteiger partial charge in [-0.3, -0.25) is 9.79 Å². The Morgan fingerprint density at radius 3 is 2.56 bits per heavy atom. The lowest BCUT2D eigenvalue weighted by Crippen LogP contribution is -2.36. The first-order valence-electron chi connectivity index (χ1n) is 13.5. The van der Waals surface area contributed by atoms with Gasteiger partial charge in [0.05, 0.1) is 22.7 Å². The molecule has 0 saturated carbocycles. The maximum atomic E-state index is 15.0. The SMILES string of the molecule is C/N=C\C(C(=O)c1cc2cc(F)c(NC3CCN(C)CC3)cc2[nH]1)=C(\N)c1ccc(Oc2ccccc2F)cc1C. The van der Waals surface area contributed by atoms with Crippen LogP contribution in [0.2, 0.25) is 0 Å². The zero-order valence-corrected chi connectivity index (χ0v) is 23.3. The Labute approximate surface area is 237 Å². The lowest BCUT2D eigenvalue weighted by Gasteiger charge is -2.30. The number of ether oxygens (including phenoxy) is 1. The lowest BCUT2D eigenvalue weighted by atomic mass is 9.98. The minimum absolute atomic E-state index is 0.108. The highest BCUT2D eigenvalue weighted by molar-refractivity contribution is 6.25. The molecule has 0 aliphatic carbocycles. The molecule has 7 nitrogen and oxygen atoms in total. The van der Waals surface area contributed by atoms with E-state index in [1.807, 2.05) is 6.92 Å². The maximum absolute atomic E-state index is 15.0. The first-order chi connectivity index (χ1) is 19.7. The number of halogens is 2. The average Bonchev–Trinajstić information content (AvgIpc) is 3.36. The van der Waals surface area contributed by atoms with Gasteiger partial charge in [-0.1, -0.05) is 12.1 Å². The number of aromatic nitrogens is 1. The Morgan fingerprint density at radius 2 is 1.85 bits per heavy atom. The van der Waals surface area contributed by atoms with Gasteiger partial charge in [-0.25, -0.2) is 8.78 Å². The highest BCUT2D eigenvalue weighted by Crippen LogP contribution is 2.30. The number of carbonyl (C=O) groups is 1. The number of carbonyl (C=O) groups excluding carboxylic acids is 1. The van der Waals surface area contributed by atoms with Crippen LogP contribution in [0.5, 0.6) is 11.5 Å². The number of H-pyrrole nitrogens is 1. The topological polar surface area (TPSA) is 95.7 Å². The van der Waals surface area contributed by atoms with E-state index in [4.69, 9.17) is 10.5 Å². The van der Waals surface area contributed by atoms with Crippen LogP contribution in [0.25, 0.3) is 16.6 Å². The second-order valence-electron chi connectivity index (χ2n) is 10.4. The molecular formula is C32H33F2N5O2. The van der Waals surface area contributed by atoms with E-state index in [2.05, 4.69) is 27.2 Å². The molecule has 1 saturated heterocycles. The van der Waals surface area contributed by atoms with E-state index in [0.29, 0.717) is 27.9 Å². The van der Waals surface area contributed by atoms with Gasteiger partial charge in [0.2, 0.25) is 5.78 Å². The fourth-order valence-corrected chi connectivity index (χ4v) is 5.08. The molecule has 3 aromatic carbocycles. The Morgan fingerprint density at radius 1 is 1.10 bits per heavy atom. The van der Waals surface area contributed by atoms with Crippen molar-refractivity contribution in [3.05, 3.63) is 94.7 Å². The molecule has 5 rings (SSSR count). The zero-order valence-electron chi connectivity index (χ0n) is 23.3. The summed E-state index contributed by atoms with van der Waals surface area (Å²) in [4.78, 5) is 23.1. The van der Waals surface area contributed by atoms with Crippen molar-refractivity contribution in [3.63, 3.8) is 0 Å². The third-order valence-electron chi connectivity index (χ3n) is 7.38. The predicted molar refractivity (Wildman–Crippen MR) is 160 cm³/mol. The molecule has 0 radical (unpaired) electrons. The van der Waals surface area contributed by atoms with Crippen molar-refractivity contribution in [2.24, 2.45) is 10.7 Å². The van der Waals surface area contributed by atoms with Gasteiger partial charge in [0, 0.05) is 35.8 Å². The van der Waals surface area contributed by atoms with Crippen molar-refractivity contribution in [3.8, 4) is 11.5 Å². The van der Waals surface area contributed by atoms with E-state index in [-0.39, 0.29) is 40.4 Å². The van der Waals surface area contributed by atoms with Crippen LogP contribution in [-0.4, -0.2) is 55.1 Å². The number of aromatic amines is 1. The third kappa shape index (κ3) is 6.15. The smallest absolute Gasteiger partial charge is 0.212 e. The summed E-state index contributed by atoms with van der Waals surface area (Å²) in [5.74, 6) is -0.669. The number of rotatable bonds is 8. The summed E-state index contributed by atoms with van der Waals surface area (Å²) in [6, 6.07) is 16.2. The van der Waals surface area contributed by atoms with Gasteiger partial charge in [0.1, 0.15) is 11.6 Å². The summed E-state index contributed by atoms with van der Waals surface area (Å²) in [5.41, 5.74) is 9.61.